The number of esters is 1. The van der Waals surface area contributed by atoms with Crippen molar-refractivity contribution in [2.75, 3.05) is 6.79 Å². The van der Waals surface area contributed by atoms with Crippen LogP contribution in [0.2, 0.25) is 0 Å². The largest absolute Gasteiger partial charge is 0.454 e. The van der Waals surface area contributed by atoms with Crippen molar-refractivity contribution in [3.63, 3.8) is 0 Å². The van der Waals surface area contributed by atoms with E-state index in [0.29, 0.717) is 22.8 Å². The molecule has 0 N–H and O–H groups in total. The van der Waals surface area contributed by atoms with E-state index in [1.165, 1.54) is 0 Å². The molecule has 1 aliphatic rings. The number of carbonyl (C=O) groups excluding carboxylic acids is 1. The summed E-state index contributed by atoms with van der Waals surface area (Å²) in [5.74, 6) is 1.36. The Morgan fingerprint density at radius 2 is 2.12 bits per heavy atom. The van der Waals surface area contributed by atoms with E-state index in [9.17, 15) is 4.79 Å². The lowest BCUT2D eigenvalue weighted by Crippen LogP contribution is -2.08. The van der Waals surface area contributed by atoms with Crippen molar-refractivity contribution in [2.45, 2.75) is 13.8 Å². The molecule has 0 atom stereocenters. The zero-order valence-corrected chi connectivity index (χ0v) is 9.15. The monoisotopic (exact) mass is 220 g/mol. The lowest BCUT2D eigenvalue weighted by molar-refractivity contribution is -0.130. The van der Waals surface area contributed by atoms with Gasteiger partial charge in [-0.05, 0) is 26.0 Å². The highest BCUT2D eigenvalue weighted by Gasteiger charge is 2.15. The SMILES string of the molecule is CC=C(C)C(=O)Oc1ccc2c(c1)OCO2. The van der Waals surface area contributed by atoms with E-state index < -0.39 is 0 Å². The number of fused-ring (bicyclic) bond motifs is 1. The van der Waals surface area contributed by atoms with E-state index in [0.717, 1.165) is 0 Å². The molecular weight excluding hydrogens is 208 g/mol. The minimum absolute atomic E-state index is 0.209. The van der Waals surface area contributed by atoms with Gasteiger partial charge in [0.2, 0.25) is 6.79 Å². The summed E-state index contributed by atoms with van der Waals surface area (Å²) >= 11 is 0. The molecule has 0 bridgehead atoms. The molecule has 4 heteroatoms. The lowest BCUT2D eigenvalue weighted by Gasteiger charge is -2.04. The number of carbonyl (C=O) groups is 1. The zero-order chi connectivity index (χ0) is 11.5. The first-order valence-electron chi connectivity index (χ1n) is 4.95. The van der Waals surface area contributed by atoms with Crippen LogP contribution in [0.25, 0.3) is 0 Å². The molecule has 0 aliphatic carbocycles. The number of rotatable bonds is 2. The highest BCUT2D eigenvalue weighted by molar-refractivity contribution is 5.89. The average Bonchev–Trinajstić information content (AvgIpc) is 2.75. The van der Waals surface area contributed by atoms with Crippen molar-refractivity contribution in [2.24, 2.45) is 0 Å². The fourth-order valence-electron chi connectivity index (χ4n) is 1.25. The van der Waals surface area contributed by atoms with E-state index in [2.05, 4.69) is 0 Å². The number of hydrogen-bond acceptors (Lipinski definition) is 4. The van der Waals surface area contributed by atoms with Crippen LogP contribution in [0.1, 0.15) is 13.8 Å². The molecule has 0 radical (unpaired) electrons. The standard InChI is InChI=1S/C12H12O4/c1-3-8(2)12(13)16-9-4-5-10-11(6-9)15-7-14-10/h3-6H,7H2,1-2H3. The predicted octanol–water partition coefficient (Wildman–Crippen LogP) is 2.29. The third kappa shape index (κ3) is 2.00. The van der Waals surface area contributed by atoms with Crippen molar-refractivity contribution in [1.29, 1.82) is 0 Å². The van der Waals surface area contributed by atoms with Crippen LogP contribution >= 0.6 is 0 Å². The first-order valence-corrected chi connectivity index (χ1v) is 4.95. The second-order valence-corrected chi connectivity index (χ2v) is 3.38. The van der Waals surface area contributed by atoms with Crippen LogP contribution in [-0.2, 0) is 4.79 Å². The molecule has 1 aliphatic heterocycles. The van der Waals surface area contributed by atoms with Gasteiger partial charge >= 0.3 is 5.97 Å². The van der Waals surface area contributed by atoms with E-state index in [-0.39, 0.29) is 12.8 Å². The summed E-state index contributed by atoms with van der Waals surface area (Å²) in [4.78, 5) is 11.5. The van der Waals surface area contributed by atoms with Crippen molar-refractivity contribution < 1.29 is 19.0 Å². The van der Waals surface area contributed by atoms with E-state index >= 15 is 0 Å². The Bertz CT molecular complexity index is 448. The van der Waals surface area contributed by atoms with E-state index in [1.54, 1.807) is 38.1 Å². The Morgan fingerprint density at radius 3 is 2.88 bits per heavy atom. The van der Waals surface area contributed by atoms with Gasteiger partial charge in [0.15, 0.2) is 11.5 Å². The highest BCUT2D eigenvalue weighted by atomic mass is 16.7. The Hall–Kier alpha value is -1.97. The molecule has 0 aromatic heterocycles. The quantitative estimate of drug-likeness (QED) is 0.435. The van der Waals surface area contributed by atoms with Gasteiger partial charge in [0, 0.05) is 11.6 Å². The van der Waals surface area contributed by atoms with Gasteiger partial charge in [0.1, 0.15) is 5.75 Å². The molecule has 16 heavy (non-hydrogen) atoms. The zero-order valence-electron chi connectivity index (χ0n) is 9.15. The summed E-state index contributed by atoms with van der Waals surface area (Å²) in [6.45, 7) is 3.70. The summed E-state index contributed by atoms with van der Waals surface area (Å²) in [7, 11) is 0. The van der Waals surface area contributed by atoms with Gasteiger partial charge in [-0.1, -0.05) is 6.08 Å². The van der Waals surface area contributed by atoms with Crippen molar-refractivity contribution in [3.8, 4) is 17.2 Å². The van der Waals surface area contributed by atoms with E-state index in [4.69, 9.17) is 14.2 Å². The van der Waals surface area contributed by atoms with Crippen LogP contribution in [0, 0.1) is 0 Å². The topological polar surface area (TPSA) is 44.8 Å². The highest BCUT2D eigenvalue weighted by Crippen LogP contribution is 2.35. The third-order valence-corrected chi connectivity index (χ3v) is 2.31. The van der Waals surface area contributed by atoms with E-state index in [1.807, 2.05) is 0 Å². The molecule has 84 valence electrons. The average molecular weight is 220 g/mol. The minimum atomic E-state index is -0.360. The maximum Gasteiger partial charge on any atom is 0.338 e. The number of hydrogen-bond donors (Lipinski definition) is 0. The molecule has 4 nitrogen and oxygen atoms in total. The predicted molar refractivity (Wildman–Crippen MR) is 57.6 cm³/mol. The van der Waals surface area contributed by atoms with Crippen LogP contribution in [-0.4, -0.2) is 12.8 Å². The Morgan fingerprint density at radius 1 is 1.38 bits per heavy atom. The number of allylic oxidation sites excluding steroid dienone is 1. The Kier molecular flexibility index (Phi) is 2.81. The maximum atomic E-state index is 11.5. The molecule has 0 unspecified atom stereocenters. The maximum absolute atomic E-state index is 11.5. The molecule has 0 saturated carbocycles. The van der Waals surface area contributed by atoms with Gasteiger partial charge in [-0.3, -0.25) is 0 Å². The fraction of sp³-hybridized carbons (Fsp3) is 0.250. The molecule has 0 amide bonds. The molecule has 0 spiro atoms. The number of benzene rings is 1. The summed E-state index contributed by atoms with van der Waals surface area (Å²) in [6.07, 6.45) is 1.70. The normalized spacial score (nSPS) is 13.8. The minimum Gasteiger partial charge on any atom is -0.454 e. The summed E-state index contributed by atoms with van der Waals surface area (Å²) in [5.41, 5.74) is 0.567. The van der Waals surface area contributed by atoms with Crippen molar-refractivity contribution in [3.05, 3.63) is 29.8 Å². The van der Waals surface area contributed by atoms with Crippen LogP contribution in [0.4, 0.5) is 0 Å². The second-order valence-electron chi connectivity index (χ2n) is 3.38. The van der Waals surface area contributed by atoms with Gasteiger partial charge in [0.25, 0.3) is 0 Å². The summed E-state index contributed by atoms with van der Waals surface area (Å²) < 4.78 is 15.5. The summed E-state index contributed by atoms with van der Waals surface area (Å²) in [6, 6.07) is 5.04. The van der Waals surface area contributed by atoms with Crippen molar-refractivity contribution >= 4 is 5.97 Å². The molecular formula is C12H12O4. The lowest BCUT2D eigenvalue weighted by atomic mass is 10.3. The van der Waals surface area contributed by atoms with Crippen LogP contribution < -0.4 is 14.2 Å². The number of ether oxygens (including phenoxy) is 3. The van der Waals surface area contributed by atoms with Gasteiger partial charge in [-0.15, -0.1) is 0 Å². The second kappa shape index (κ2) is 4.26. The smallest absolute Gasteiger partial charge is 0.338 e. The van der Waals surface area contributed by atoms with Crippen LogP contribution in [0.3, 0.4) is 0 Å². The molecule has 1 aromatic rings. The van der Waals surface area contributed by atoms with Gasteiger partial charge in [0.05, 0.1) is 0 Å². The Balaban J connectivity index is 2.14. The first kappa shape index (κ1) is 10.5. The van der Waals surface area contributed by atoms with Gasteiger partial charge < -0.3 is 14.2 Å². The van der Waals surface area contributed by atoms with Crippen molar-refractivity contribution in [1.82, 2.24) is 0 Å². The third-order valence-electron chi connectivity index (χ3n) is 2.31. The molecule has 0 fully saturated rings. The summed E-state index contributed by atoms with van der Waals surface area (Å²) in [5, 5.41) is 0. The fourth-order valence-corrected chi connectivity index (χ4v) is 1.25. The molecule has 1 aromatic carbocycles. The van der Waals surface area contributed by atoms with Crippen LogP contribution in [0.15, 0.2) is 29.8 Å². The van der Waals surface area contributed by atoms with Gasteiger partial charge in [-0.2, -0.15) is 0 Å². The first-order chi connectivity index (χ1) is 7.70. The molecule has 0 saturated heterocycles. The Labute approximate surface area is 93.4 Å². The molecule has 2 rings (SSSR count). The molecule has 1 heterocycles. The van der Waals surface area contributed by atoms with Crippen LogP contribution in [0.5, 0.6) is 17.2 Å². The van der Waals surface area contributed by atoms with Gasteiger partial charge in [-0.25, -0.2) is 4.79 Å².